The van der Waals surface area contributed by atoms with Crippen molar-refractivity contribution in [2.75, 3.05) is 17.6 Å². The van der Waals surface area contributed by atoms with E-state index in [4.69, 9.17) is 17.3 Å². The van der Waals surface area contributed by atoms with Crippen molar-refractivity contribution in [1.82, 2.24) is 9.97 Å². The predicted octanol–water partition coefficient (Wildman–Crippen LogP) is 2.14. The van der Waals surface area contributed by atoms with Crippen LogP contribution in [0.15, 0.2) is 24.3 Å². The second-order valence-corrected chi connectivity index (χ2v) is 4.39. The van der Waals surface area contributed by atoms with E-state index in [2.05, 4.69) is 15.3 Å². The first-order chi connectivity index (χ1) is 9.45. The van der Waals surface area contributed by atoms with E-state index in [0.717, 1.165) is 12.1 Å². The summed E-state index contributed by atoms with van der Waals surface area (Å²) in [5.74, 6) is -1.67. The maximum absolute atomic E-state index is 13.0. The Hall–Kier alpha value is -1.99. The van der Waals surface area contributed by atoms with Crippen LogP contribution >= 0.6 is 11.6 Å². The van der Waals surface area contributed by atoms with Crippen LogP contribution in [0.1, 0.15) is 11.7 Å². The fraction of sp³-hybridized carbons (Fsp3) is 0.167. The number of nitrogens with two attached hydrogens (primary N) is 1. The first-order valence-corrected chi connectivity index (χ1v) is 6.00. The number of hydrogen-bond acceptors (Lipinski definition) is 5. The average Bonchev–Trinajstić information content (AvgIpc) is 2.38. The number of hydrogen-bond donors (Lipinski definition) is 3. The van der Waals surface area contributed by atoms with E-state index in [1.54, 1.807) is 0 Å². The standard InChI is InChI=1S/C12H11ClF2N4O/c13-10-4-11(19-12(16)18-10)17-5-9(20)6-1-2-7(14)8(15)3-6/h1-4,9,20H,5H2,(H3,16,17,18,19)/t9-/m1/s1. The average molecular weight is 301 g/mol. The molecule has 0 aliphatic rings. The maximum atomic E-state index is 13.0. The summed E-state index contributed by atoms with van der Waals surface area (Å²) in [6.07, 6.45) is -1.04. The van der Waals surface area contributed by atoms with Crippen LogP contribution in [0.4, 0.5) is 20.5 Å². The molecule has 0 unspecified atom stereocenters. The Bertz CT molecular complexity index is 606. The van der Waals surface area contributed by atoms with E-state index in [0.29, 0.717) is 5.82 Å². The lowest BCUT2D eigenvalue weighted by atomic mass is 10.1. The number of nitrogens with zero attached hydrogens (tertiary/aromatic N) is 2. The molecule has 1 aromatic heterocycles. The van der Waals surface area contributed by atoms with Gasteiger partial charge in [0.15, 0.2) is 11.6 Å². The van der Waals surface area contributed by atoms with Crippen LogP contribution in [0, 0.1) is 11.6 Å². The molecule has 106 valence electrons. The van der Waals surface area contributed by atoms with Crippen molar-refractivity contribution >= 4 is 23.4 Å². The summed E-state index contributed by atoms with van der Waals surface area (Å²) in [6, 6.07) is 4.61. The molecule has 0 amide bonds. The predicted molar refractivity (Wildman–Crippen MR) is 71.3 cm³/mol. The summed E-state index contributed by atoms with van der Waals surface area (Å²) in [6.45, 7) is 0.0256. The smallest absolute Gasteiger partial charge is 0.223 e. The molecule has 5 nitrogen and oxygen atoms in total. The van der Waals surface area contributed by atoms with Crippen LogP contribution in [0.3, 0.4) is 0 Å². The molecule has 0 aliphatic heterocycles. The number of halogens is 3. The molecular formula is C12H11ClF2N4O. The van der Waals surface area contributed by atoms with Gasteiger partial charge < -0.3 is 16.2 Å². The van der Waals surface area contributed by atoms with Gasteiger partial charge in [0.1, 0.15) is 11.0 Å². The zero-order valence-corrected chi connectivity index (χ0v) is 10.9. The minimum absolute atomic E-state index is 0.0117. The van der Waals surface area contributed by atoms with Crippen LogP contribution in [0.5, 0.6) is 0 Å². The van der Waals surface area contributed by atoms with Crippen molar-refractivity contribution in [3.63, 3.8) is 0 Å². The number of anilines is 2. The van der Waals surface area contributed by atoms with Crippen molar-refractivity contribution in [3.8, 4) is 0 Å². The van der Waals surface area contributed by atoms with Crippen LogP contribution in [0.2, 0.25) is 5.15 Å². The zero-order valence-electron chi connectivity index (χ0n) is 10.1. The van der Waals surface area contributed by atoms with Gasteiger partial charge in [-0.2, -0.15) is 4.98 Å². The molecule has 1 heterocycles. The highest BCUT2D eigenvalue weighted by atomic mass is 35.5. The Kier molecular flexibility index (Phi) is 4.31. The van der Waals surface area contributed by atoms with Crippen LogP contribution < -0.4 is 11.1 Å². The molecule has 4 N–H and O–H groups in total. The second-order valence-electron chi connectivity index (χ2n) is 4.00. The molecule has 1 atom stereocenters. The molecule has 8 heteroatoms. The Balaban J connectivity index is 2.04. The normalized spacial score (nSPS) is 12.2. The largest absolute Gasteiger partial charge is 0.387 e. The van der Waals surface area contributed by atoms with Crippen LogP contribution in [0.25, 0.3) is 0 Å². The van der Waals surface area contributed by atoms with E-state index >= 15 is 0 Å². The van der Waals surface area contributed by atoms with Crippen LogP contribution in [-0.2, 0) is 0 Å². The first-order valence-electron chi connectivity index (χ1n) is 5.62. The van der Waals surface area contributed by atoms with E-state index in [-0.39, 0.29) is 23.2 Å². The fourth-order valence-corrected chi connectivity index (χ4v) is 1.75. The quantitative estimate of drug-likeness (QED) is 0.753. The second kappa shape index (κ2) is 5.98. The van der Waals surface area contributed by atoms with Crippen molar-refractivity contribution in [1.29, 1.82) is 0 Å². The topological polar surface area (TPSA) is 84.1 Å². The summed E-state index contributed by atoms with van der Waals surface area (Å²) in [4.78, 5) is 7.54. The summed E-state index contributed by atoms with van der Waals surface area (Å²) in [5, 5.41) is 12.8. The third-order valence-corrected chi connectivity index (χ3v) is 2.71. The Labute approximate surface area is 118 Å². The highest BCUT2D eigenvalue weighted by molar-refractivity contribution is 6.29. The van der Waals surface area contributed by atoms with Gasteiger partial charge in [0, 0.05) is 12.6 Å². The van der Waals surface area contributed by atoms with Crippen molar-refractivity contribution in [2.24, 2.45) is 0 Å². The van der Waals surface area contributed by atoms with E-state index in [1.165, 1.54) is 12.1 Å². The van der Waals surface area contributed by atoms with Gasteiger partial charge >= 0.3 is 0 Å². The van der Waals surface area contributed by atoms with E-state index in [1.807, 2.05) is 0 Å². The zero-order chi connectivity index (χ0) is 14.7. The number of rotatable bonds is 4. The van der Waals surface area contributed by atoms with E-state index in [9.17, 15) is 13.9 Å². The lowest BCUT2D eigenvalue weighted by Gasteiger charge is -2.13. The molecule has 0 bridgehead atoms. The molecule has 0 fully saturated rings. The van der Waals surface area contributed by atoms with E-state index < -0.39 is 17.7 Å². The number of nitrogens with one attached hydrogen (secondary N) is 1. The summed E-state index contributed by atoms with van der Waals surface area (Å²) < 4.78 is 25.8. The molecule has 2 rings (SSSR count). The molecule has 0 radical (unpaired) electrons. The Morgan fingerprint density at radius 1 is 1.25 bits per heavy atom. The number of aliphatic hydroxyl groups is 1. The van der Waals surface area contributed by atoms with Crippen LogP contribution in [-0.4, -0.2) is 21.6 Å². The third-order valence-electron chi connectivity index (χ3n) is 2.52. The highest BCUT2D eigenvalue weighted by Gasteiger charge is 2.11. The van der Waals surface area contributed by atoms with Gasteiger partial charge in [0.2, 0.25) is 5.95 Å². The number of aliphatic hydroxyl groups excluding tert-OH is 1. The molecule has 0 spiro atoms. The fourth-order valence-electron chi connectivity index (χ4n) is 1.56. The van der Waals surface area contributed by atoms with Crippen molar-refractivity contribution in [2.45, 2.75) is 6.10 Å². The van der Waals surface area contributed by atoms with Gasteiger partial charge in [-0.25, -0.2) is 13.8 Å². The summed E-state index contributed by atoms with van der Waals surface area (Å²) in [7, 11) is 0. The lowest BCUT2D eigenvalue weighted by Crippen LogP contribution is -2.14. The Morgan fingerprint density at radius 3 is 2.65 bits per heavy atom. The van der Waals surface area contributed by atoms with Crippen molar-refractivity contribution < 1.29 is 13.9 Å². The van der Waals surface area contributed by atoms with Gasteiger partial charge in [-0.05, 0) is 17.7 Å². The van der Waals surface area contributed by atoms with Gasteiger partial charge in [0.25, 0.3) is 0 Å². The number of benzene rings is 1. The van der Waals surface area contributed by atoms with Gasteiger partial charge in [-0.15, -0.1) is 0 Å². The van der Waals surface area contributed by atoms with Gasteiger partial charge in [0.05, 0.1) is 6.10 Å². The molecule has 1 aromatic carbocycles. The number of aromatic nitrogens is 2. The Morgan fingerprint density at radius 2 is 2.00 bits per heavy atom. The minimum Gasteiger partial charge on any atom is -0.387 e. The molecule has 20 heavy (non-hydrogen) atoms. The molecule has 0 aliphatic carbocycles. The van der Waals surface area contributed by atoms with Gasteiger partial charge in [-0.3, -0.25) is 0 Å². The SMILES string of the molecule is Nc1nc(Cl)cc(NC[C@@H](O)c2ccc(F)c(F)c2)n1. The molecule has 2 aromatic rings. The summed E-state index contributed by atoms with van der Waals surface area (Å²) >= 11 is 5.70. The number of nitrogen functional groups attached to an aromatic ring is 1. The molecule has 0 saturated heterocycles. The summed E-state index contributed by atoms with van der Waals surface area (Å²) in [5.41, 5.74) is 5.65. The molecule has 0 saturated carbocycles. The third kappa shape index (κ3) is 3.52. The minimum atomic E-state index is -1.04. The van der Waals surface area contributed by atoms with Crippen molar-refractivity contribution in [3.05, 3.63) is 46.6 Å². The monoisotopic (exact) mass is 300 g/mol. The highest BCUT2D eigenvalue weighted by Crippen LogP contribution is 2.18. The first kappa shape index (κ1) is 14.4. The lowest BCUT2D eigenvalue weighted by molar-refractivity contribution is 0.191. The molecular weight excluding hydrogens is 290 g/mol. The maximum Gasteiger partial charge on any atom is 0.223 e. The van der Waals surface area contributed by atoms with Gasteiger partial charge in [-0.1, -0.05) is 17.7 Å².